The van der Waals surface area contributed by atoms with Gasteiger partial charge in [-0.05, 0) is 26.2 Å². The van der Waals surface area contributed by atoms with Gasteiger partial charge in [0, 0.05) is 18.1 Å². The SMILES string of the molecule is CCOC1CC(NOCC(N)=O)C12CCC2. The van der Waals surface area contributed by atoms with Crippen molar-refractivity contribution in [1.29, 1.82) is 0 Å². The maximum atomic E-state index is 10.5. The molecule has 2 saturated carbocycles. The van der Waals surface area contributed by atoms with Crippen LogP contribution in [0, 0.1) is 5.41 Å². The number of nitrogens with one attached hydrogen (secondary N) is 1. The highest BCUT2D eigenvalue weighted by Crippen LogP contribution is 2.57. The molecule has 2 aliphatic rings. The molecule has 2 unspecified atom stereocenters. The molecule has 5 heteroatoms. The molecule has 2 atom stereocenters. The molecule has 0 aromatic heterocycles. The van der Waals surface area contributed by atoms with E-state index in [1.54, 1.807) is 0 Å². The molecular formula is C11H20N2O3. The Bertz CT molecular complexity index is 266. The Morgan fingerprint density at radius 3 is 2.81 bits per heavy atom. The van der Waals surface area contributed by atoms with Gasteiger partial charge in [0.2, 0.25) is 5.91 Å². The zero-order valence-electron chi connectivity index (χ0n) is 9.70. The molecule has 0 aliphatic heterocycles. The zero-order valence-corrected chi connectivity index (χ0v) is 9.70. The molecule has 0 aromatic carbocycles. The van der Waals surface area contributed by atoms with Crippen molar-refractivity contribution in [2.24, 2.45) is 11.1 Å². The van der Waals surface area contributed by atoms with Crippen molar-refractivity contribution in [2.75, 3.05) is 13.2 Å². The van der Waals surface area contributed by atoms with Gasteiger partial charge >= 0.3 is 0 Å². The third-order valence-electron chi connectivity index (χ3n) is 3.88. The second kappa shape index (κ2) is 4.69. The standard InChI is InChI=1S/C11H20N2O3/c1-2-15-9-6-8(11(9)4-3-5-11)13-16-7-10(12)14/h8-9,13H,2-7H2,1H3,(H2,12,14). The first-order chi connectivity index (χ1) is 7.69. The van der Waals surface area contributed by atoms with Crippen molar-refractivity contribution in [1.82, 2.24) is 5.48 Å². The predicted octanol–water partition coefficient (Wildman–Crippen LogP) is 0.341. The summed E-state index contributed by atoms with van der Waals surface area (Å²) in [6, 6.07) is 0.317. The van der Waals surface area contributed by atoms with Gasteiger partial charge in [-0.3, -0.25) is 9.63 Å². The third kappa shape index (κ3) is 1.95. The highest BCUT2D eigenvalue weighted by molar-refractivity contribution is 5.74. The van der Waals surface area contributed by atoms with Crippen LogP contribution in [0.15, 0.2) is 0 Å². The quantitative estimate of drug-likeness (QED) is 0.643. The molecule has 1 amide bonds. The number of hydroxylamine groups is 1. The Hall–Kier alpha value is -0.650. The lowest BCUT2D eigenvalue weighted by Gasteiger charge is -2.60. The minimum atomic E-state index is -0.448. The van der Waals surface area contributed by atoms with Gasteiger partial charge in [-0.15, -0.1) is 0 Å². The molecule has 16 heavy (non-hydrogen) atoms. The molecule has 0 radical (unpaired) electrons. The maximum Gasteiger partial charge on any atom is 0.245 e. The monoisotopic (exact) mass is 228 g/mol. The summed E-state index contributed by atoms with van der Waals surface area (Å²) in [7, 11) is 0. The Morgan fingerprint density at radius 2 is 2.31 bits per heavy atom. The first-order valence-corrected chi connectivity index (χ1v) is 5.96. The molecular weight excluding hydrogens is 208 g/mol. The van der Waals surface area contributed by atoms with E-state index in [1.807, 2.05) is 6.92 Å². The molecule has 2 aliphatic carbocycles. The van der Waals surface area contributed by atoms with Crippen LogP contribution in [-0.2, 0) is 14.4 Å². The zero-order chi connectivity index (χ0) is 11.6. The average molecular weight is 228 g/mol. The highest BCUT2D eigenvalue weighted by atomic mass is 16.6. The lowest BCUT2D eigenvalue weighted by atomic mass is 9.51. The molecule has 2 rings (SSSR count). The second-order valence-corrected chi connectivity index (χ2v) is 4.69. The summed E-state index contributed by atoms with van der Waals surface area (Å²) in [5.41, 5.74) is 8.21. The Kier molecular flexibility index (Phi) is 3.47. The van der Waals surface area contributed by atoms with E-state index in [2.05, 4.69) is 5.48 Å². The normalized spacial score (nSPS) is 30.8. The van der Waals surface area contributed by atoms with Gasteiger partial charge in [-0.25, -0.2) is 0 Å². The van der Waals surface area contributed by atoms with Crippen LogP contribution in [0.2, 0.25) is 0 Å². The van der Waals surface area contributed by atoms with Crippen LogP contribution in [0.25, 0.3) is 0 Å². The molecule has 92 valence electrons. The van der Waals surface area contributed by atoms with Crippen LogP contribution >= 0.6 is 0 Å². The Balaban J connectivity index is 1.77. The fraction of sp³-hybridized carbons (Fsp3) is 0.909. The number of carbonyl (C=O) groups excluding carboxylic acids is 1. The summed E-state index contributed by atoms with van der Waals surface area (Å²) in [6.07, 6.45) is 4.97. The maximum absolute atomic E-state index is 10.5. The van der Waals surface area contributed by atoms with E-state index in [0.717, 1.165) is 13.0 Å². The number of ether oxygens (including phenoxy) is 1. The molecule has 0 aromatic rings. The lowest BCUT2D eigenvalue weighted by molar-refractivity contribution is -0.203. The molecule has 2 fully saturated rings. The van der Waals surface area contributed by atoms with E-state index in [9.17, 15) is 4.79 Å². The van der Waals surface area contributed by atoms with Gasteiger partial charge in [0.1, 0.15) is 6.61 Å². The van der Waals surface area contributed by atoms with Crippen LogP contribution in [0.1, 0.15) is 32.6 Å². The van der Waals surface area contributed by atoms with Gasteiger partial charge in [0.15, 0.2) is 0 Å². The van der Waals surface area contributed by atoms with E-state index in [4.69, 9.17) is 15.3 Å². The lowest BCUT2D eigenvalue weighted by Crippen LogP contribution is -2.66. The number of primary amides is 1. The van der Waals surface area contributed by atoms with Crippen LogP contribution in [-0.4, -0.2) is 31.3 Å². The fourth-order valence-corrected chi connectivity index (χ4v) is 2.82. The van der Waals surface area contributed by atoms with Crippen molar-refractivity contribution in [2.45, 2.75) is 44.8 Å². The van der Waals surface area contributed by atoms with Gasteiger partial charge in [-0.2, -0.15) is 5.48 Å². The van der Waals surface area contributed by atoms with Crippen molar-refractivity contribution >= 4 is 5.91 Å². The fourth-order valence-electron chi connectivity index (χ4n) is 2.82. The molecule has 0 bridgehead atoms. The van der Waals surface area contributed by atoms with E-state index in [-0.39, 0.29) is 12.0 Å². The largest absolute Gasteiger partial charge is 0.378 e. The number of amides is 1. The van der Waals surface area contributed by atoms with Gasteiger partial charge in [0.25, 0.3) is 0 Å². The van der Waals surface area contributed by atoms with Crippen molar-refractivity contribution in [3.05, 3.63) is 0 Å². The van der Waals surface area contributed by atoms with Crippen LogP contribution in [0.5, 0.6) is 0 Å². The summed E-state index contributed by atoms with van der Waals surface area (Å²) >= 11 is 0. The van der Waals surface area contributed by atoms with Gasteiger partial charge < -0.3 is 10.5 Å². The average Bonchev–Trinajstić information content (AvgIpc) is 2.12. The second-order valence-electron chi connectivity index (χ2n) is 4.69. The molecule has 0 saturated heterocycles. The molecule has 1 spiro atoms. The molecule has 5 nitrogen and oxygen atoms in total. The van der Waals surface area contributed by atoms with E-state index in [0.29, 0.717) is 12.1 Å². The van der Waals surface area contributed by atoms with Gasteiger partial charge in [-0.1, -0.05) is 6.42 Å². The summed E-state index contributed by atoms with van der Waals surface area (Å²) in [5, 5.41) is 0. The smallest absolute Gasteiger partial charge is 0.245 e. The minimum absolute atomic E-state index is 0.0636. The minimum Gasteiger partial charge on any atom is -0.378 e. The van der Waals surface area contributed by atoms with Crippen LogP contribution in [0.4, 0.5) is 0 Å². The molecule has 0 heterocycles. The predicted molar refractivity (Wildman–Crippen MR) is 58.4 cm³/mol. The first-order valence-electron chi connectivity index (χ1n) is 5.96. The number of nitrogens with two attached hydrogens (primary N) is 1. The summed E-state index contributed by atoms with van der Waals surface area (Å²) in [4.78, 5) is 15.6. The van der Waals surface area contributed by atoms with Crippen molar-refractivity contribution in [3.63, 3.8) is 0 Å². The number of hydrogen-bond acceptors (Lipinski definition) is 4. The summed E-state index contributed by atoms with van der Waals surface area (Å²) in [6.45, 7) is 2.73. The van der Waals surface area contributed by atoms with Crippen LogP contribution in [0.3, 0.4) is 0 Å². The Morgan fingerprint density at radius 1 is 1.56 bits per heavy atom. The van der Waals surface area contributed by atoms with Crippen molar-refractivity contribution in [3.8, 4) is 0 Å². The summed E-state index contributed by atoms with van der Waals surface area (Å²) in [5.74, 6) is -0.448. The first kappa shape index (κ1) is 11.8. The van der Waals surface area contributed by atoms with E-state index < -0.39 is 5.91 Å². The topological polar surface area (TPSA) is 73.6 Å². The number of rotatable bonds is 6. The van der Waals surface area contributed by atoms with E-state index >= 15 is 0 Å². The summed E-state index contributed by atoms with van der Waals surface area (Å²) < 4.78 is 5.71. The Labute approximate surface area is 95.6 Å². The number of carbonyl (C=O) groups is 1. The van der Waals surface area contributed by atoms with Crippen LogP contribution < -0.4 is 11.2 Å². The third-order valence-corrected chi connectivity index (χ3v) is 3.88. The number of hydrogen-bond donors (Lipinski definition) is 2. The van der Waals surface area contributed by atoms with E-state index in [1.165, 1.54) is 19.3 Å². The highest BCUT2D eigenvalue weighted by Gasteiger charge is 2.59. The molecule has 3 N–H and O–H groups in total. The van der Waals surface area contributed by atoms with Crippen molar-refractivity contribution < 1.29 is 14.4 Å². The van der Waals surface area contributed by atoms with Gasteiger partial charge in [0.05, 0.1) is 6.10 Å².